The first kappa shape index (κ1) is 22.0. The summed E-state index contributed by atoms with van der Waals surface area (Å²) in [4.78, 5) is 41.8. The van der Waals surface area contributed by atoms with E-state index >= 15 is 0 Å². The first-order chi connectivity index (χ1) is 14.5. The largest absolute Gasteiger partial charge is 0.366 e. The molecule has 2 heterocycles. The summed E-state index contributed by atoms with van der Waals surface area (Å²) in [6.45, 7) is 6.85. The fraction of sp³-hybridized carbons (Fsp3) is 0.619. The molecule has 2 saturated heterocycles. The minimum Gasteiger partial charge on any atom is -0.366 e. The second-order valence-electron chi connectivity index (χ2n) is 7.93. The molecule has 0 aliphatic carbocycles. The van der Waals surface area contributed by atoms with E-state index in [1.807, 2.05) is 16.7 Å². The van der Waals surface area contributed by atoms with Gasteiger partial charge in [-0.1, -0.05) is 6.92 Å². The number of hydrogen-bond acceptors (Lipinski definition) is 6. The highest BCUT2D eigenvalue weighted by molar-refractivity contribution is 5.96. The van der Waals surface area contributed by atoms with Crippen LogP contribution in [0.4, 0.5) is 11.4 Å². The Kier molecular flexibility index (Phi) is 7.62. The molecule has 9 nitrogen and oxygen atoms in total. The molecule has 1 aromatic rings. The molecule has 2 aliphatic rings. The number of benzene rings is 1. The van der Waals surface area contributed by atoms with Crippen molar-refractivity contribution in [3.05, 3.63) is 33.9 Å². The number of nitrogens with one attached hydrogen (secondary N) is 1. The van der Waals surface area contributed by atoms with Gasteiger partial charge in [-0.2, -0.15) is 0 Å². The molecule has 0 saturated carbocycles. The molecule has 3 rings (SSSR count). The summed E-state index contributed by atoms with van der Waals surface area (Å²) in [7, 11) is 0. The van der Waals surface area contributed by atoms with Crippen LogP contribution in [0.15, 0.2) is 18.2 Å². The Morgan fingerprint density at radius 3 is 2.40 bits per heavy atom. The predicted molar refractivity (Wildman–Crippen MR) is 115 cm³/mol. The molecule has 0 radical (unpaired) electrons. The average molecular weight is 418 g/mol. The lowest BCUT2D eigenvalue weighted by Crippen LogP contribution is -2.51. The summed E-state index contributed by atoms with van der Waals surface area (Å²) in [5, 5.41) is 14.5. The summed E-state index contributed by atoms with van der Waals surface area (Å²) >= 11 is 0. The smallest absolute Gasteiger partial charge is 0.293 e. The van der Waals surface area contributed by atoms with Crippen LogP contribution in [0.5, 0.6) is 0 Å². The minimum absolute atomic E-state index is 0.000512. The van der Waals surface area contributed by atoms with Crippen LogP contribution in [0.3, 0.4) is 0 Å². The lowest BCUT2D eigenvalue weighted by molar-refractivity contribution is -0.384. The Hall–Kier alpha value is -2.68. The Labute approximate surface area is 177 Å². The second-order valence-corrected chi connectivity index (χ2v) is 7.93. The zero-order valence-electron chi connectivity index (χ0n) is 17.6. The van der Waals surface area contributed by atoms with Gasteiger partial charge in [-0.05, 0) is 37.8 Å². The van der Waals surface area contributed by atoms with Crippen molar-refractivity contribution in [3.8, 4) is 0 Å². The Morgan fingerprint density at radius 1 is 1.07 bits per heavy atom. The van der Waals surface area contributed by atoms with Crippen LogP contribution in [0.2, 0.25) is 0 Å². The van der Waals surface area contributed by atoms with Crippen LogP contribution in [0.25, 0.3) is 0 Å². The number of nitrogens with zero attached hydrogens (tertiary/aromatic N) is 4. The molecule has 1 N–H and O–H groups in total. The van der Waals surface area contributed by atoms with Crippen LogP contribution in [0.1, 0.15) is 43.0 Å². The molecule has 30 heavy (non-hydrogen) atoms. The Morgan fingerprint density at radius 2 is 1.77 bits per heavy atom. The molecule has 0 spiro atoms. The molecular weight excluding hydrogens is 386 g/mol. The van der Waals surface area contributed by atoms with Crippen molar-refractivity contribution < 1.29 is 14.5 Å². The van der Waals surface area contributed by atoms with Gasteiger partial charge < -0.3 is 15.1 Å². The predicted octanol–water partition coefficient (Wildman–Crippen LogP) is 1.87. The monoisotopic (exact) mass is 417 g/mol. The highest BCUT2D eigenvalue weighted by atomic mass is 16.6. The first-order valence-electron chi connectivity index (χ1n) is 10.8. The van der Waals surface area contributed by atoms with Gasteiger partial charge in [0.25, 0.3) is 11.6 Å². The summed E-state index contributed by atoms with van der Waals surface area (Å²) < 4.78 is 0. The number of anilines is 1. The van der Waals surface area contributed by atoms with Gasteiger partial charge in [-0.15, -0.1) is 0 Å². The maximum atomic E-state index is 12.9. The SMILES string of the molecule is CCCNC(=O)CN1CCN(C(=O)c2ccc(N3CCCCC3)c([N+](=O)[O-])c2)CC1. The summed E-state index contributed by atoms with van der Waals surface area (Å²) in [5.74, 6) is -0.195. The topological polar surface area (TPSA) is 99.0 Å². The van der Waals surface area contributed by atoms with Crippen LogP contribution in [-0.4, -0.2) is 78.9 Å². The number of amides is 2. The van der Waals surface area contributed by atoms with Crippen molar-refractivity contribution in [1.82, 2.24) is 15.1 Å². The van der Waals surface area contributed by atoms with Crippen LogP contribution < -0.4 is 10.2 Å². The Bertz CT molecular complexity index is 771. The molecule has 0 atom stereocenters. The molecule has 0 aromatic heterocycles. The lowest BCUT2D eigenvalue weighted by Gasteiger charge is -2.34. The molecule has 2 aliphatic heterocycles. The van der Waals surface area contributed by atoms with E-state index in [1.54, 1.807) is 17.0 Å². The van der Waals surface area contributed by atoms with E-state index in [9.17, 15) is 19.7 Å². The molecular formula is C21H31N5O4. The fourth-order valence-corrected chi connectivity index (χ4v) is 4.02. The number of hydrogen-bond donors (Lipinski definition) is 1. The number of carbonyl (C=O) groups is 2. The summed E-state index contributed by atoms with van der Waals surface area (Å²) in [5.41, 5.74) is 0.935. The van der Waals surface area contributed by atoms with Crippen LogP contribution in [0, 0.1) is 10.1 Å². The standard InChI is InChI=1S/C21H31N5O4/c1-2-8-22-20(27)16-23-11-13-25(14-12-23)21(28)17-6-7-18(19(15-17)26(29)30)24-9-4-3-5-10-24/h6-7,15H,2-5,8-14,16H2,1H3,(H,22,27). The van der Waals surface area contributed by atoms with E-state index in [0.29, 0.717) is 50.5 Å². The van der Waals surface area contributed by atoms with E-state index in [1.165, 1.54) is 6.07 Å². The number of nitro groups is 1. The summed E-state index contributed by atoms with van der Waals surface area (Å²) in [6.07, 6.45) is 4.10. The zero-order valence-corrected chi connectivity index (χ0v) is 17.6. The third kappa shape index (κ3) is 5.47. The molecule has 0 unspecified atom stereocenters. The van der Waals surface area contributed by atoms with Crippen molar-refractivity contribution in [3.63, 3.8) is 0 Å². The maximum absolute atomic E-state index is 12.9. The highest BCUT2D eigenvalue weighted by Crippen LogP contribution is 2.31. The molecule has 1 aromatic carbocycles. The number of piperazine rings is 1. The van der Waals surface area contributed by atoms with Gasteiger partial charge in [0.2, 0.25) is 5.91 Å². The maximum Gasteiger partial charge on any atom is 0.293 e. The molecule has 9 heteroatoms. The van der Waals surface area contributed by atoms with Crippen molar-refractivity contribution in [1.29, 1.82) is 0 Å². The fourth-order valence-electron chi connectivity index (χ4n) is 4.02. The normalized spacial score (nSPS) is 17.6. The molecule has 2 fully saturated rings. The van der Waals surface area contributed by atoms with Crippen LogP contribution >= 0.6 is 0 Å². The highest BCUT2D eigenvalue weighted by Gasteiger charge is 2.27. The second kappa shape index (κ2) is 10.4. The van der Waals surface area contributed by atoms with E-state index in [-0.39, 0.29) is 17.5 Å². The average Bonchev–Trinajstić information content (AvgIpc) is 2.78. The van der Waals surface area contributed by atoms with Gasteiger partial charge in [-0.25, -0.2) is 0 Å². The minimum atomic E-state index is -0.395. The van der Waals surface area contributed by atoms with E-state index < -0.39 is 4.92 Å². The third-order valence-corrected chi connectivity index (χ3v) is 5.71. The van der Waals surface area contributed by atoms with Gasteiger partial charge in [0, 0.05) is 57.4 Å². The van der Waals surface area contributed by atoms with Crippen molar-refractivity contribution in [2.75, 3.05) is 57.3 Å². The van der Waals surface area contributed by atoms with E-state index in [2.05, 4.69) is 5.32 Å². The van der Waals surface area contributed by atoms with Crippen molar-refractivity contribution >= 4 is 23.2 Å². The van der Waals surface area contributed by atoms with Gasteiger partial charge in [-0.3, -0.25) is 24.6 Å². The third-order valence-electron chi connectivity index (χ3n) is 5.71. The number of piperidine rings is 1. The first-order valence-corrected chi connectivity index (χ1v) is 10.8. The number of rotatable bonds is 7. The van der Waals surface area contributed by atoms with Crippen LogP contribution in [-0.2, 0) is 4.79 Å². The van der Waals surface area contributed by atoms with Gasteiger partial charge in [0.05, 0.1) is 11.5 Å². The number of nitro benzene ring substituents is 1. The molecule has 0 bridgehead atoms. The quantitative estimate of drug-likeness (QED) is 0.537. The van der Waals surface area contributed by atoms with Gasteiger partial charge in [0.15, 0.2) is 0 Å². The molecule has 2 amide bonds. The zero-order chi connectivity index (χ0) is 21.5. The molecule has 164 valence electrons. The van der Waals surface area contributed by atoms with Gasteiger partial charge in [0.1, 0.15) is 5.69 Å². The lowest BCUT2D eigenvalue weighted by atomic mass is 10.1. The van der Waals surface area contributed by atoms with Crippen molar-refractivity contribution in [2.24, 2.45) is 0 Å². The van der Waals surface area contributed by atoms with E-state index in [0.717, 1.165) is 38.8 Å². The van der Waals surface area contributed by atoms with E-state index in [4.69, 9.17) is 0 Å². The van der Waals surface area contributed by atoms with Gasteiger partial charge >= 0.3 is 0 Å². The number of carbonyl (C=O) groups excluding carboxylic acids is 2. The van der Waals surface area contributed by atoms with Crippen molar-refractivity contribution in [2.45, 2.75) is 32.6 Å². The Balaban J connectivity index is 1.62. The summed E-state index contributed by atoms with van der Waals surface area (Å²) in [6, 6.07) is 4.83.